The first-order chi connectivity index (χ1) is 5.92. The molecule has 0 bridgehead atoms. The summed E-state index contributed by atoms with van der Waals surface area (Å²) in [6, 6.07) is 10.6. The molecule has 1 nitrogen and oxygen atoms in total. The Hall–Kier alpha value is -1.24. The lowest BCUT2D eigenvalue weighted by atomic mass is 10.2. The van der Waals surface area contributed by atoms with Crippen LogP contribution in [0.25, 0.3) is 10.9 Å². The lowest BCUT2D eigenvalue weighted by molar-refractivity contribution is 0.814. The summed E-state index contributed by atoms with van der Waals surface area (Å²) in [7, 11) is 0. The van der Waals surface area contributed by atoms with Crippen LogP contribution >= 0.6 is 0 Å². The van der Waals surface area contributed by atoms with Crippen LogP contribution in [0.3, 0.4) is 0 Å². The smallest absolute Gasteiger partial charge is 0.0480 e. The van der Waals surface area contributed by atoms with Gasteiger partial charge >= 0.3 is 0 Å². The summed E-state index contributed by atoms with van der Waals surface area (Å²) in [6.07, 6.45) is 4.29. The third-order valence-corrected chi connectivity index (χ3v) is 2.06. The van der Waals surface area contributed by atoms with Gasteiger partial charge in [0.2, 0.25) is 0 Å². The van der Waals surface area contributed by atoms with Crippen LogP contribution in [0, 0.1) is 6.42 Å². The number of benzene rings is 1. The van der Waals surface area contributed by atoms with Gasteiger partial charge in [-0.05, 0) is 23.9 Å². The van der Waals surface area contributed by atoms with Gasteiger partial charge in [0.1, 0.15) is 0 Å². The first-order valence-corrected chi connectivity index (χ1v) is 4.23. The molecule has 1 aromatic carbocycles. The van der Waals surface area contributed by atoms with Gasteiger partial charge in [0.05, 0.1) is 0 Å². The van der Waals surface area contributed by atoms with Gasteiger partial charge in [-0.15, -0.1) is 0 Å². The van der Waals surface area contributed by atoms with Crippen LogP contribution in [0.1, 0.15) is 6.92 Å². The molecular weight excluding hydrogens is 146 g/mol. The van der Waals surface area contributed by atoms with Gasteiger partial charge in [-0.3, -0.25) is 0 Å². The van der Waals surface area contributed by atoms with Crippen molar-refractivity contribution >= 4 is 10.9 Å². The normalized spacial score (nSPS) is 10.8. The van der Waals surface area contributed by atoms with Crippen molar-refractivity contribution in [2.75, 3.05) is 0 Å². The topological polar surface area (TPSA) is 4.93 Å². The average molecular weight is 158 g/mol. The Morgan fingerprint density at radius 3 is 2.92 bits per heavy atom. The van der Waals surface area contributed by atoms with E-state index in [4.69, 9.17) is 0 Å². The molecule has 2 rings (SSSR count). The Morgan fingerprint density at radius 2 is 2.08 bits per heavy atom. The van der Waals surface area contributed by atoms with E-state index in [9.17, 15) is 0 Å². The third-order valence-electron chi connectivity index (χ3n) is 2.06. The molecule has 1 aromatic heterocycles. The highest BCUT2D eigenvalue weighted by Gasteiger charge is 1.96. The number of rotatable bonds is 2. The number of fused-ring (bicyclic) bond motifs is 1. The van der Waals surface area contributed by atoms with Crippen molar-refractivity contribution in [3.05, 3.63) is 42.9 Å². The monoisotopic (exact) mass is 158 g/mol. The van der Waals surface area contributed by atoms with E-state index in [0.717, 1.165) is 6.54 Å². The van der Waals surface area contributed by atoms with Crippen LogP contribution in [-0.4, -0.2) is 4.57 Å². The second kappa shape index (κ2) is 3.02. The Bertz CT molecular complexity index is 373. The van der Waals surface area contributed by atoms with Crippen LogP contribution in [0.15, 0.2) is 36.5 Å². The molecular formula is C11H12N. The van der Waals surface area contributed by atoms with E-state index >= 15 is 0 Å². The molecule has 0 amide bonds. The highest BCUT2D eigenvalue weighted by molar-refractivity contribution is 5.79. The summed E-state index contributed by atoms with van der Waals surface area (Å²) < 4.78 is 2.25. The Labute approximate surface area is 72.6 Å². The van der Waals surface area contributed by atoms with Crippen molar-refractivity contribution < 1.29 is 0 Å². The molecule has 61 valence electrons. The van der Waals surface area contributed by atoms with Gasteiger partial charge in [0, 0.05) is 18.3 Å². The summed E-state index contributed by atoms with van der Waals surface area (Å²) in [5, 5.41) is 1.32. The average Bonchev–Trinajstić information content (AvgIpc) is 2.50. The minimum absolute atomic E-state index is 0.994. The first kappa shape index (κ1) is 7.41. The summed E-state index contributed by atoms with van der Waals surface area (Å²) in [5.41, 5.74) is 1.32. The Balaban J connectivity index is 2.55. The number of nitrogens with zero attached hydrogens (tertiary/aromatic N) is 1. The number of hydrogen-bond acceptors (Lipinski definition) is 0. The zero-order chi connectivity index (χ0) is 8.39. The molecule has 0 unspecified atom stereocenters. The molecule has 1 heteroatoms. The quantitative estimate of drug-likeness (QED) is 0.633. The second-order valence-corrected chi connectivity index (χ2v) is 2.94. The first-order valence-electron chi connectivity index (χ1n) is 4.23. The number of aromatic nitrogens is 1. The van der Waals surface area contributed by atoms with E-state index in [1.807, 2.05) is 0 Å². The Kier molecular flexibility index (Phi) is 1.86. The molecule has 1 radical (unpaired) electrons. The van der Waals surface area contributed by atoms with E-state index in [2.05, 4.69) is 54.4 Å². The van der Waals surface area contributed by atoms with Gasteiger partial charge in [0.15, 0.2) is 0 Å². The van der Waals surface area contributed by atoms with Gasteiger partial charge in [-0.2, -0.15) is 0 Å². The molecule has 0 N–H and O–H groups in total. The van der Waals surface area contributed by atoms with Crippen LogP contribution in [0.2, 0.25) is 0 Å². The third kappa shape index (κ3) is 1.11. The van der Waals surface area contributed by atoms with Crippen LogP contribution in [0.4, 0.5) is 0 Å². The molecule has 0 aliphatic carbocycles. The highest BCUT2D eigenvalue weighted by Crippen LogP contribution is 2.14. The Morgan fingerprint density at radius 1 is 1.25 bits per heavy atom. The van der Waals surface area contributed by atoms with Crippen LogP contribution in [-0.2, 0) is 6.54 Å². The predicted molar refractivity (Wildman–Crippen MR) is 51.9 cm³/mol. The summed E-state index contributed by atoms with van der Waals surface area (Å²) in [6.45, 7) is 3.07. The SMILES string of the molecule is C[CH]Cn1ccc2ccccc21. The summed E-state index contributed by atoms with van der Waals surface area (Å²) >= 11 is 0. The minimum atomic E-state index is 0.994. The molecule has 0 saturated heterocycles. The van der Waals surface area contributed by atoms with Crippen molar-refractivity contribution in [1.29, 1.82) is 0 Å². The van der Waals surface area contributed by atoms with Crippen molar-refractivity contribution in [3.8, 4) is 0 Å². The van der Waals surface area contributed by atoms with E-state index < -0.39 is 0 Å². The van der Waals surface area contributed by atoms with E-state index in [-0.39, 0.29) is 0 Å². The lowest BCUT2D eigenvalue weighted by Crippen LogP contribution is -1.93. The fourth-order valence-electron chi connectivity index (χ4n) is 1.50. The molecule has 1 heterocycles. The lowest BCUT2D eigenvalue weighted by Gasteiger charge is -2.00. The van der Waals surface area contributed by atoms with E-state index in [1.165, 1.54) is 10.9 Å². The van der Waals surface area contributed by atoms with Gasteiger partial charge in [0.25, 0.3) is 0 Å². The number of para-hydroxylation sites is 1. The molecule has 0 fully saturated rings. The molecule has 0 spiro atoms. The van der Waals surface area contributed by atoms with E-state index in [1.54, 1.807) is 0 Å². The van der Waals surface area contributed by atoms with Crippen molar-refractivity contribution in [2.45, 2.75) is 13.5 Å². The molecule has 0 aliphatic rings. The maximum Gasteiger partial charge on any atom is 0.0480 e. The summed E-state index contributed by atoms with van der Waals surface area (Å²) in [5.74, 6) is 0. The minimum Gasteiger partial charge on any atom is -0.347 e. The van der Waals surface area contributed by atoms with Gasteiger partial charge < -0.3 is 4.57 Å². The molecule has 0 saturated carbocycles. The predicted octanol–water partition coefficient (Wildman–Crippen LogP) is 2.87. The maximum atomic E-state index is 2.25. The molecule has 0 atom stereocenters. The number of hydrogen-bond donors (Lipinski definition) is 0. The standard InChI is InChI=1S/C11H12N/c1-2-8-12-9-7-10-5-3-4-6-11(10)12/h2-7,9H,8H2,1H3. The largest absolute Gasteiger partial charge is 0.347 e. The van der Waals surface area contributed by atoms with Crippen molar-refractivity contribution in [2.24, 2.45) is 0 Å². The molecule has 0 aliphatic heterocycles. The van der Waals surface area contributed by atoms with Gasteiger partial charge in [-0.25, -0.2) is 0 Å². The fourth-order valence-corrected chi connectivity index (χ4v) is 1.50. The maximum absolute atomic E-state index is 2.25. The molecule has 12 heavy (non-hydrogen) atoms. The zero-order valence-corrected chi connectivity index (χ0v) is 7.20. The zero-order valence-electron chi connectivity index (χ0n) is 7.20. The van der Waals surface area contributed by atoms with Crippen molar-refractivity contribution in [3.63, 3.8) is 0 Å². The van der Waals surface area contributed by atoms with Crippen LogP contribution in [0.5, 0.6) is 0 Å². The van der Waals surface area contributed by atoms with Crippen molar-refractivity contribution in [1.82, 2.24) is 4.57 Å². The van der Waals surface area contributed by atoms with Gasteiger partial charge in [-0.1, -0.05) is 25.1 Å². The molecule has 2 aromatic rings. The summed E-state index contributed by atoms with van der Waals surface area (Å²) in [4.78, 5) is 0. The highest BCUT2D eigenvalue weighted by atomic mass is 14.9. The van der Waals surface area contributed by atoms with E-state index in [0.29, 0.717) is 0 Å². The second-order valence-electron chi connectivity index (χ2n) is 2.94. The van der Waals surface area contributed by atoms with Crippen LogP contribution < -0.4 is 0 Å². The fraction of sp³-hybridized carbons (Fsp3) is 0.182.